The molecule has 1 atom stereocenters. The quantitative estimate of drug-likeness (QED) is 0.482. The largest absolute Gasteiger partial charge is 0.418 e. The molecule has 1 N–H and O–H groups in total. The van der Waals surface area contributed by atoms with Crippen LogP contribution >= 0.6 is 23.2 Å². The minimum atomic E-state index is -4.83. The number of esters is 1. The molecule has 0 amide bonds. The van der Waals surface area contributed by atoms with Crippen LogP contribution in [0.4, 0.5) is 0 Å². The third-order valence-corrected chi connectivity index (χ3v) is 4.21. The molecular formula is C8H4Cl2O5S. The Morgan fingerprint density at radius 1 is 1.38 bits per heavy atom. The number of hydrogen-bond donors (Lipinski definition) is 1. The first-order chi connectivity index (χ1) is 7.27. The zero-order valence-corrected chi connectivity index (χ0v) is 9.80. The van der Waals surface area contributed by atoms with Gasteiger partial charge in [-0.3, -0.25) is 4.55 Å². The van der Waals surface area contributed by atoms with E-state index in [1.807, 2.05) is 0 Å². The van der Waals surface area contributed by atoms with Gasteiger partial charge in [-0.2, -0.15) is 8.42 Å². The number of rotatable bonds is 1. The van der Waals surface area contributed by atoms with E-state index < -0.39 is 20.5 Å². The maximum atomic E-state index is 11.3. The Morgan fingerprint density at radius 2 is 2.00 bits per heavy atom. The van der Waals surface area contributed by atoms with Crippen LogP contribution < -0.4 is 0 Å². The molecule has 2 rings (SSSR count). The van der Waals surface area contributed by atoms with E-state index in [1.54, 1.807) is 0 Å². The molecule has 1 aromatic carbocycles. The molecule has 86 valence electrons. The Balaban J connectivity index is 2.82. The van der Waals surface area contributed by atoms with Crippen molar-refractivity contribution in [3.63, 3.8) is 0 Å². The fourth-order valence-electron chi connectivity index (χ4n) is 1.40. The molecule has 0 aromatic heterocycles. The van der Waals surface area contributed by atoms with Gasteiger partial charge < -0.3 is 4.74 Å². The number of benzene rings is 1. The van der Waals surface area contributed by atoms with Crippen molar-refractivity contribution in [1.29, 1.82) is 0 Å². The minimum Gasteiger partial charge on any atom is -0.418 e. The molecule has 16 heavy (non-hydrogen) atoms. The smallest absolute Gasteiger partial charge is 0.341 e. The highest BCUT2D eigenvalue weighted by atomic mass is 35.5. The van der Waals surface area contributed by atoms with Crippen LogP contribution in [0.1, 0.15) is 15.9 Å². The normalized spacial score (nSPS) is 24.1. The van der Waals surface area contributed by atoms with Gasteiger partial charge in [0.15, 0.2) is 0 Å². The first kappa shape index (κ1) is 11.7. The summed E-state index contributed by atoms with van der Waals surface area (Å²) in [6, 6.07) is 4.08. The van der Waals surface area contributed by atoms with Crippen molar-refractivity contribution in [3.8, 4) is 0 Å². The summed E-state index contributed by atoms with van der Waals surface area (Å²) in [5.74, 6) is -0.954. The topological polar surface area (TPSA) is 80.7 Å². The van der Waals surface area contributed by atoms with E-state index >= 15 is 0 Å². The summed E-state index contributed by atoms with van der Waals surface area (Å²) in [4.78, 5) is 11.3. The Bertz CT molecular complexity index is 582. The number of cyclic esters (lactones) is 1. The van der Waals surface area contributed by atoms with Gasteiger partial charge >= 0.3 is 20.5 Å². The van der Waals surface area contributed by atoms with Gasteiger partial charge in [0.05, 0.1) is 16.1 Å². The van der Waals surface area contributed by atoms with Crippen molar-refractivity contribution < 1.29 is 22.5 Å². The van der Waals surface area contributed by atoms with E-state index in [0.717, 1.165) is 0 Å². The summed E-state index contributed by atoms with van der Waals surface area (Å²) in [7, 11) is -4.83. The van der Waals surface area contributed by atoms with E-state index in [2.05, 4.69) is 4.74 Å². The summed E-state index contributed by atoms with van der Waals surface area (Å²) in [6.45, 7) is 0. The average Bonchev–Trinajstić information content (AvgIpc) is 2.40. The van der Waals surface area contributed by atoms with Crippen LogP contribution in [0.2, 0.25) is 5.02 Å². The number of carbonyl (C=O) groups excluding carboxylic acids is 1. The van der Waals surface area contributed by atoms with Crippen LogP contribution in [0.5, 0.6) is 0 Å². The van der Waals surface area contributed by atoms with Gasteiger partial charge in [-0.05, 0) is 23.7 Å². The molecule has 0 saturated heterocycles. The van der Waals surface area contributed by atoms with Gasteiger partial charge in [-0.15, -0.1) is 0 Å². The molecule has 0 spiro atoms. The molecule has 0 saturated carbocycles. The van der Waals surface area contributed by atoms with Crippen molar-refractivity contribution in [2.75, 3.05) is 0 Å². The fourth-order valence-corrected chi connectivity index (χ4v) is 2.75. The van der Waals surface area contributed by atoms with Gasteiger partial charge in [0.2, 0.25) is 0 Å². The fraction of sp³-hybridized carbons (Fsp3) is 0.125. The number of ether oxygens (including phenoxy) is 1. The van der Waals surface area contributed by atoms with E-state index in [0.29, 0.717) is 0 Å². The second-order valence-corrected chi connectivity index (χ2v) is 5.75. The lowest BCUT2D eigenvalue weighted by Crippen LogP contribution is -2.29. The molecule has 0 bridgehead atoms. The molecular weight excluding hydrogens is 279 g/mol. The van der Waals surface area contributed by atoms with Crippen molar-refractivity contribution in [2.45, 2.75) is 4.39 Å². The standard InChI is InChI=1S/C8H4Cl2O5S/c9-5-3-1-2-4-6(5)8(10,15-7(4)11)16(12,13)14/h1-3H,(H,12,13,14). The molecule has 1 aromatic rings. The van der Waals surface area contributed by atoms with Gasteiger partial charge in [0, 0.05) is 0 Å². The molecule has 8 heteroatoms. The SMILES string of the molecule is O=C1OC(Cl)(S(=O)(=O)O)c2c(Cl)cccc21. The van der Waals surface area contributed by atoms with E-state index in [1.165, 1.54) is 18.2 Å². The number of fused-ring (bicyclic) bond motifs is 1. The molecule has 1 aliphatic rings. The van der Waals surface area contributed by atoms with E-state index in [-0.39, 0.29) is 16.1 Å². The molecule has 1 aliphatic heterocycles. The number of alkyl halides is 1. The summed E-state index contributed by atoms with van der Waals surface area (Å²) >= 11 is 11.3. The van der Waals surface area contributed by atoms with Crippen LogP contribution in [0.15, 0.2) is 18.2 Å². The van der Waals surface area contributed by atoms with Gasteiger partial charge in [0.1, 0.15) is 0 Å². The Labute approximate surface area is 101 Å². The Hall–Kier alpha value is -0.820. The number of halogens is 2. The van der Waals surface area contributed by atoms with Crippen LogP contribution in [0, 0.1) is 0 Å². The van der Waals surface area contributed by atoms with Gasteiger partial charge in [0.25, 0.3) is 0 Å². The lowest BCUT2D eigenvalue weighted by Gasteiger charge is -2.17. The van der Waals surface area contributed by atoms with Gasteiger partial charge in [-0.25, -0.2) is 4.79 Å². The van der Waals surface area contributed by atoms with Crippen molar-refractivity contribution in [2.24, 2.45) is 0 Å². The second kappa shape index (κ2) is 3.33. The van der Waals surface area contributed by atoms with Crippen LogP contribution in [0.3, 0.4) is 0 Å². The molecule has 0 aliphatic carbocycles. The predicted octanol–water partition coefficient (Wildman–Crippen LogP) is 1.75. The first-order valence-corrected chi connectivity index (χ1v) is 6.15. The maximum absolute atomic E-state index is 11.3. The minimum absolute atomic E-state index is 0.0732. The summed E-state index contributed by atoms with van der Waals surface area (Å²) in [5, 5.41) is -0.0732. The molecule has 0 fully saturated rings. The lowest BCUT2D eigenvalue weighted by atomic mass is 10.1. The lowest BCUT2D eigenvalue weighted by molar-refractivity contribution is 0.0426. The summed E-state index contributed by atoms with van der Waals surface area (Å²) in [5.41, 5.74) is -0.342. The molecule has 1 heterocycles. The Morgan fingerprint density at radius 3 is 2.56 bits per heavy atom. The van der Waals surface area contributed by atoms with Crippen LogP contribution in [-0.4, -0.2) is 18.9 Å². The second-order valence-electron chi connectivity index (χ2n) is 3.06. The number of hydrogen-bond acceptors (Lipinski definition) is 4. The molecule has 1 unspecified atom stereocenters. The maximum Gasteiger partial charge on any atom is 0.341 e. The highest BCUT2D eigenvalue weighted by molar-refractivity contribution is 7.88. The third kappa shape index (κ3) is 1.41. The predicted molar refractivity (Wildman–Crippen MR) is 55.9 cm³/mol. The first-order valence-electron chi connectivity index (χ1n) is 3.95. The zero-order valence-electron chi connectivity index (χ0n) is 7.48. The third-order valence-electron chi connectivity index (χ3n) is 2.09. The van der Waals surface area contributed by atoms with Crippen molar-refractivity contribution >= 4 is 39.3 Å². The Kier molecular flexibility index (Phi) is 2.43. The average molecular weight is 283 g/mol. The van der Waals surface area contributed by atoms with Crippen molar-refractivity contribution in [3.05, 3.63) is 34.3 Å². The van der Waals surface area contributed by atoms with Crippen LogP contribution in [0.25, 0.3) is 0 Å². The summed E-state index contributed by atoms with van der Waals surface area (Å²) in [6.07, 6.45) is 0. The van der Waals surface area contributed by atoms with E-state index in [4.69, 9.17) is 27.8 Å². The molecule has 0 radical (unpaired) electrons. The van der Waals surface area contributed by atoms with Gasteiger partial charge in [-0.1, -0.05) is 17.7 Å². The highest BCUT2D eigenvalue weighted by Crippen LogP contribution is 2.46. The molecule has 5 nitrogen and oxygen atoms in total. The highest BCUT2D eigenvalue weighted by Gasteiger charge is 2.55. The zero-order chi connectivity index (χ0) is 12.1. The number of carbonyl (C=O) groups is 1. The van der Waals surface area contributed by atoms with E-state index in [9.17, 15) is 13.2 Å². The van der Waals surface area contributed by atoms with Crippen LogP contribution in [-0.2, 0) is 19.2 Å². The van der Waals surface area contributed by atoms with Crippen molar-refractivity contribution in [1.82, 2.24) is 0 Å². The monoisotopic (exact) mass is 282 g/mol. The summed E-state index contributed by atoms with van der Waals surface area (Å²) < 4.78 is 33.0.